The monoisotopic (exact) mass is 425 g/mol. The minimum atomic E-state index is 0.550. The van der Waals surface area contributed by atoms with Crippen LogP contribution in [0.25, 0.3) is 44.8 Å². The Balaban J connectivity index is 1.31. The molecule has 9 nitrogen and oxygen atoms in total. The molecule has 0 unspecified atom stereocenters. The summed E-state index contributed by atoms with van der Waals surface area (Å²) in [5.74, 6) is 0.717. The molecule has 2 aliphatic rings. The zero-order chi connectivity index (χ0) is 21.1. The molecule has 1 aliphatic carbocycles. The van der Waals surface area contributed by atoms with Crippen LogP contribution in [0.15, 0.2) is 36.9 Å². The third-order valence-corrected chi connectivity index (χ3v) is 6.55. The Labute approximate surface area is 183 Å². The summed E-state index contributed by atoms with van der Waals surface area (Å²) in [6.45, 7) is 2.13. The maximum atomic E-state index is 4.94. The highest BCUT2D eigenvalue weighted by Crippen LogP contribution is 2.36. The highest BCUT2D eigenvalue weighted by atomic mass is 15.3. The minimum Gasteiger partial charge on any atom is -0.370 e. The van der Waals surface area contributed by atoms with Crippen molar-refractivity contribution in [1.82, 2.24) is 39.9 Å². The number of nitrogens with zero attached hydrogens (tertiary/aromatic N) is 7. The van der Waals surface area contributed by atoms with Gasteiger partial charge in [-0.15, -0.1) is 0 Å². The van der Waals surface area contributed by atoms with Crippen molar-refractivity contribution in [3.05, 3.63) is 36.9 Å². The second kappa shape index (κ2) is 6.88. The Morgan fingerprint density at radius 3 is 2.81 bits per heavy atom. The van der Waals surface area contributed by atoms with Gasteiger partial charge in [-0.3, -0.25) is 14.8 Å². The largest absolute Gasteiger partial charge is 0.370 e. The number of aromatic amines is 2. The maximum Gasteiger partial charge on any atom is 0.161 e. The summed E-state index contributed by atoms with van der Waals surface area (Å²) in [6, 6.07) is 4.68. The second-order valence-corrected chi connectivity index (χ2v) is 8.79. The molecule has 0 radical (unpaired) electrons. The molecule has 6 heterocycles. The van der Waals surface area contributed by atoms with Gasteiger partial charge in [-0.2, -0.15) is 10.2 Å². The SMILES string of the molecule is c1cc(N2CCCCC2)c2nc(-c3n[nH]c4cnc(-c5cnn(C6CC6)c5)cc34)[nH]c2n1. The van der Waals surface area contributed by atoms with Gasteiger partial charge in [0.25, 0.3) is 0 Å². The molecule has 5 aromatic heterocycles. The van der Waals surface area contributed by atoms with E-state index in [1.807, 2.05) is 23.3 Å². The molecule has 2 N–H and O–H groups in total. The number of nitrogens with one attached hydrogen (secondary N) is 2. The molecule has 1 saturated carbocycles. The number of rotatable bonds is 4. The van der Waals surface area contributed by atoms with Crippen LogP contribution < -0.4 is 4.90 Å². The first-order valence-corrected chi connectivity index (χ1v) is 11.3. The van der Waals surface area contributed by atoms with Crippen LogP contribution in [0, 0.1) is 0 Å². The normalized spacial score (nSPS) is 16.9. The number of aromatic nitrogens is 8. The molecule has 0 aromatic carbocycles. The van der Waals surface area contributed by atoms with Crippen LogP contribution in [0.3, 0.4) is 0 Å². The van der Waals surface area contributed by atoms with E-state index in [-0.39, 0.29) is 0 Å². The van der Waals surface area contributed by atoms with Gasteiger partial charge in [-0.05, 0) is 44.2 Å². The van der Waals surface area contributed by atoms with Crippen molar-refractivity contribution in [1.29, 1.82) is 0 Å². The van der Waals surface area contributed by atoms with E-state index in [1.54, 1.807) is 0 Å². The molecule has 1 saturated heterocycles. The number of hydrogen-bond acceptors (Lipinski definition) is 6. The van der Waals surface area contributed by atoms with E-state index in [0.29, 0.717) is 11.9 Å². The van der Waals surface area contributed by atoms with E-state index in [9.17, 15) is 0 Å². The standard InChI is InChI=1S/C23H23N9/c1-2-8-31(9-3-1)19-6-7-24-22-21(19)27-23(28-22)20-16-10-17(25-12-18(16)29-30-20)14-11-26-32(13-14)15-4-5-15/h6-7,10-13,15H,1-5,8-9H2,(H,29,30)(H,24,27,28). The smallest absolute Gasteiger partial charge is 0.161 e. The third kappa shape index (κ3) is 2.88. The molecule has 0 amide bonds. The first-order valence-electron chi connectivity index (χ1n) is 11.3. The molecule has 0 spiro atoms. The maximum absolute atomic E-state index is 4.94. The van der Waals surface area contributed by atoms with Gasteiger partial charge in [0.15, 0.2) is 11.5 Å². The summed E-state index contributed by atoms with van der Waals surface area (Å²) in [6.07, 6.45) is 13.8. The molecular formula is C23H23N9. The van der Waals surface area contributed by atoms with Gasteiger partial charge in [-0.1, -0.05) is 0 Å². The number of fused-ring (bicyclic) bond motifs is 2. The highest BCUT2D eigenvalue weighted by Gasteiger charge is 2.25. The van der Waals surface area contributed by atoms with Crippen LogP contribution in [0.5, 0.6) is 0 Å². The summed E-state index contributed by atoms with van der Waals surface area (Å²) in [5.41, 5.74) is 6.40. The van der Waals surface area contributed by atoms with Gasteiger partial charge in [0, 0.05) is 36.4 Å². The zero-order valence-electron chi connectivity index (χ0n) is 17.6. The molecule has 32 heavy (non-hydrogen) atoms. The Kier molecular flexibility index (Phi) is 3.84. The Hall–Kier alpha value is -3.75. The number of anilines is 1. The molecule has 160 valence electrons. The van der Waals surface area contributed by atoms with E-state index in [4.69, 9.17) is 4.98 Å². The van der Waals surface area contributed by atoms with Crippen molar-refractivity contribution in [3.63, 3.8) is 0 Å². The van der Waals surface area contributed by atoms with Crippen molar-refractivity contribution in [2.75, 3.05) is 18.0 Å². The zero-order valence-corrected chi connectivity index (χ0v) is 17.6. The van der Waals surface area contributed by atoms with Crippen LogP contribution >= 0.6 is 0 Å². The van der Waals surface area contributed by atoms with Gasteiger partial charge in [0.1, 0.15) is 11.2 Å². The lowest BCUT2D eigenvalue weighted by atomic mass is 10.1. The lowest BCUT2D eigenvalue weighted by molar-refractivity contribution is 0.578. The topological polar surface area (TPSA) is 104 Å². The molecular weight excluding hydrogens is 402 g/mol. The molecule has 0 atom stereocenters. The summed E-state index contributed by atoms with van der Waals surface area (Å²) in [5, 5.41) is 13.1. The van der Waals surface area contributed by atoms with Crippen molar-refractivity contribution < 1.29 is 0 Å². The van der Waals surface area contributed by atoms with E-state index < -0.39 is 0 Å². The summed E-state index contributed by atoms with van der Waals surface area (Å²) in [4.78, 5) is 19.9. The molecule has 7 rings (SSSR count). The van der Waals surface area contributed by atoms with Crippen molar-refractivity contribution in [3.8, 4) is 22.8 Å². The fourth-order valence-corrected chi connectivity index (χ4v) is 4.66. The average molecular weight is 426 g/mol. The predicted molar refractivity (Wildman–Crippen MR) is 122 cm³/mol. The van der Waals surface area contributed by atoms with Crippen LogP contribution in [0.4, 0.5) is 5.69 Å². The number of pyridine rings is 2. The average Bonchev–Trinajstić information content (AvgIpc) is 3.24. The molecule has 0 bridgehead atoms. The fourth-order valence-electron chi connectivity index (χ4n) is 4.66. The number of hydrogen-bond donors (Lipinski definition) is 2. The summed E-state index contributed by atoms with van der Waals surface area (Å²) in [7, 11) is 0. The van der Waals surface area contributed by atoms with Crippen molar-refractivity contribution in [2.45, 2.75) is 38.1 Å². The lowest BCUT2D eigenvalue weighted by Crippen LogP contribution is -2.29. The third-order valence-electron chi connectivity index (χ3n) is 6.55. The first-order chi connectivity index (χ1) is 15.8. The quantitative estimate of drug-likeness (QED) is 0.450. The van der Waals surface area contributed by atoms with Gasteiger partial charge < -0.3 is 9.88 Å². The Morgan fingerprint density at radius 1 is 1.03 bits per heavy atom. The Bertz CT molecular complexity index is 1430. The number of piperidine rings is 1. The highest BCUT2D eigenvalue weighted by molar-refractivity contribution is 5.95. The van der Waals surface area contributed by atoms with Crippen LogP contribution in [0.2, 0.25) is 0 Å². The number of H-pyrrole nitrogens is 2. The van der Waals surface area contributed by atoms with E-state index in [2.05, 4.69) is 53.5 Å². The lowest BCUT2D eigenvalue weighted by Gasteiger charge is -2.28. The van der Waals surface area contributed by atoms with E-state index in [1.165, 1.54) is 32.1 Å². The molecule has 9 heteroatoms. The van der Waals surface area contributed by atoms with Gasteiger partial charge in [-0.25, -0.2) is 9.97 Å². The first kappa shape index (κ1) is 17.9. The van der Waals surface area contributed by atoms with Gasteiger partial charge >= 0.3 is 0 Å². The predicted octanol–water partition coefficient (Wildman–Crippen LogP) is 4.08. The summed E-state index contributed by atoms with van der Waals surface area (Å²) >= 11 is 0. The minimum absolute atomic E-state index is 0.550. The van der Waals surface area contributed by atoms with Gasteiger partial charge in [0.05, 0.1) is 35.3 Å². The van der Waals surface area contributed by atoms with Crippen LogP contribution in [-0.4, -0.2) is 53.0 Å². The second-order valence-electron chi connectivity index (χ2n) is 8.79. The molecule has 1 aliphatic heterocycles. The van der Waals surface area contributed by atoms with Gasteiger partial charge in [0.2, 0.25) is 0 Å². The molecule has 2 fully saturated rings. The van der Waals surface area contributed by atoms with Crippen LogP contribution in [-0.2, 0) is 0 Å². The number of imidazole rings is 1. The molecule has 5 aromatic rings. The van der Waals surface area contributed by atoms with Crippen molar-refractivity contribution >= 4 is 27.8 Å². The van der Waals surface area contributed by atoms with Crippen molar-refractivity contribution in [2.24, 2.45) is 0 Å². The van der Waals surface area contributed by atoms with E-state index >= 15 is 0 Å². The Morgan fingerprint density at radius 2 is 1.94 bits per heavy atom. The van der Waals surface area contributed by atoms with Crippen LogP contribution in [0.1, 0.15) is 38.1 Å². The van der Waals surface area contributed by atoms with E-state index in [0.717, 1.165) is 57.8 Å². The fraction of sp³-hybridized carbons (Fsp3) is 0.348. The summed E-state index contributed by atoms with van der Waals surface area (Å²) < 4.78 is 2.05.